The molecule has 2 aromatic carbocycles. The average Bonchev–Trinajstić information content (AvgIpc) is 2.67. The molecule has 0 spiro atoms. The second-order valence-corrected chi connectivity index (χ2v) is 5.97. The van der Waals surface area contributed by atoms with Gasteiger partial charge in [-0.3, -0.25) is 4.79 Å². The quantitative estimate of drug-likeness (QED) is 0.606. The van der Waals surface area contributed by atoms with E-state index in [-0.39, 0.29) is 10.9 Å². The van der Waals surface area contributed by atoms with Gasteiger partial charge in [-0.05, 0) is 49.4 Å². The van der Waals surface area contributed by atoms with Crippen LogP contribution in [-0.2, 0) is 0 Å². The Morgan fingerprint density at radius 1 is 1.19 bits per heavy atom. The fraction of sp³-hybridized carbons (Fsp3) is 0.100. The van der Waals surface area contributed by atoms with Gasteiger partial charge in [-0.2, -0.15) is 0 Å². The molecule has 0 saturated heterocycles. The summed E-state index contributed by atoms with van der Waals surface area (Å²) in [5, 5.41) is 5.77. The summed E-state index contributed by atoms with van der Waals surface area (Å²) in [6, 6.07) is 14.7. The maximum Gasteiger partial charge on any atom is 0.255 e. The summed E-state index contributed by atoms with van der Waals surface area (Å²) in [5.74, 6) is 0.281. The zero-order valence-electron chi connectivity index (χ0n) is 14.5. The monoisotopic (exact) mass is 385 g/mol. The van der Waals surface area contributed by atoms with Crippen LogP contribution in [0, 0.1) is 5.82 Å². The molecular weight excluding hydrogens is 369 g/mol. The summed E-state index contributed by atoms with van der Waals surface area (Å²) in [6.45, 7) is 2.44. The first-order chi connectivity index (χ1) is 13.1. The van der Waals surface area contributed by atoms with E-state index in [9.17, 15) is 9.18 Å². The lowest BCUT2D eigenvalue weighted by molar-refractivity contribution is 0.102. The fourth-order valence-electron chi connectivity index (χ4n) is 2.41. The smallest absolute Gasteiger partial charge is 0.255 e. The van der Waals surface area contributed by atoms with Gasteiger partial charge < -0.3 is 15.4 Å². The Balaban J connectivity index is 1.77. The molecular formula is C20H17ClFN3O2. The number of nitrogens with one attached hydrogen (secondary N) is 2. The third-order valence-corrected chi connectivity index (χ3v) is 3.94. The van der Waals surface area contributed by atoms with E-state index in [4.69, 9.17) is 16.3 Å². The Morgan fingerprint density at radius 2 is 2.00 bits per heavy atom. The average molecular weight is 386 g/mol. The molecule has 2 N–H and O–H groups in total. The van der Waals surface area contributed by atoms with Crippen LogP contribution in [-0.4, -0.2) is 17.5 Å². The zero-order chi connectivity index (χ0) is 19.2. The fourth-order valence-corrected chi connectivity index (χ4v) is 2.59. The molecule has 1 amide bonds. The van der Waals surface area contributed by atoms with Crippen LogP contribution in [0.1, 0.15) is 17.3 Å². The second kappa shape index (κ2) is 8.51. The first-order valence-corrected chi connectivity index (χ1v) is 8.66. The highest BCUT2D eigenvalue weighted by Crippen LogP contribution is 2.27. The standard InChI is InChI=1S/C20H17ClFN3O2/c1-2-27-18-6-4-3-5-17(18)25-19-11-13(9-10-23-19)20(26)24-14-7-8-16(22)15(21)12-14/h3-12H,2H2,1H3,(H,23,25)(H,24,26). The van der Waals surface area contributed by atoms with E-state index >= 15 is 0 Å². The van der Waals surface area contributed by atoms with Crippen molar-refractivity contribution in [2.45, 2.75) is 6.92 Å². The number of carbonyl (C=O) groups excluding carboxylic acids is 1. The van der Waals surface area contributed by atoms with Crippen molar-refractivity contribution in [3.63, 3.8) is 0 Å². The Morgan fingerprint density at radius 3 is 2.78 bits per heavy atom. The maximum atomic E-state index is 13.2. The summed E-state index contributed by atoms with van der Waals surface area (Å²) < 4.78 is 18.8. The molecule has 0 aliphatic carbocycles. The molecule has 1 aromatic heterocycles. The van der Waals surface area contributed by atoms with Crippen LogP contribution in [0.2, 0.25) is 5.02 Å². The predicted molar refractivity (Wildman–Crippen MR) is 104 cm³/mol. The van der Waals surface area contributed by atoms with Gasteiger partial charge in [0.1, 0.15) is 17.4 Å². The molecule has 0 unspecified atom stereocenters. The van der Waals surface area contributed by atoms with E-state index in [1.165, 1.54) is 24.4 Å². The summed E-state index contributed by atoms with van der Waals surface area (Å²) >= 11 is 5.74. The molecule has 0 bridgehead atoms. The minimum atomic E-state index is -0.543. The topological polar surface area (TPSA) is 63.2 Å². The lowest BCUT2D eigenvalue weighted by Crippen LogP contribution is -2.12. The lowest BCUT2D eigenvalue weighted by atomic mass is 10.2. The van der Waals surface area contributed by atoms with Crippen molar-refractivity contribution in [1.29, 1.82) is 0 Å². The number of hydrogen-bond donors (Lipinski definition) is 2. The van der Waals surface area contributed by atoms with E-state index in [2.05, 4.69) is 15.6 Å². The number of nitrogens with zero attached hydrogens (tertiary/aromatic N) is 1. The van der Waals surface area contributed by atoms with Gasteiger partial charge in [0.05, 0.1) is 17.3 Å². The minimum Gasteiger partial charge on any atom is -0.492 e. The van der Waals surface area contributed by atoms with Crippen LogP contribution >= 0.6 is 11.6 Å². The van der Waals surface area contributed by atoms with E-state index in [1.54, 1.807) is 12.1 Å². The number of carbonyl (C=O) groups is 1. The van der Waals surface area contributed by atoms with Crippen LogP contribution in [0.3, 0.4) is 0 Å². The number of halogens is 2. The summed E-state index contributed by atoms with van der Waals surface area (Å²) in [5.41, 5.74) is 1.54. The highest BCUT2D eigenvalue weighted by atomic mass is 35.5. The van der Waals surface area contributed by atoms with Crippen molar-refractivity contribution in [2.24, 2.45) is 0 Å². The molecule has 5 nitrogen and oxygen atoms in total. The Labute approximate surface area is 161 Å². The summed E-state index contributed by atoms with van der Waals surface area (Å²) in [6.07, 6.45) is 1.53. The van der Waals surface area contributed by atoms with Crippen molar-refractivity contribution in [3.05, 3.63) is 77.2 Å². The molecule has 0 aliphatic heterocycles. The summed E-state index contributed by atoms with van der Waals surface area (Å²) in [4.78, 5) is 16.7. The number of benzene rings is 2. The highest BCUT2D eigenvalue weighted by molar-refractivity contribution is 6.31. The first kappa shape index (κ1) is 18.7. The molecule has 0 fully saturated rings. The lowest BCUT2D eigenvalue weighted by Gasteiger charge is -2.12. The highest BCUT2D eigenvalue weighted by Gasteiger charge is 2.10. The van der Waals surface area contributed by atoms with Gasteiger partial charge in [-0.1, -0.05) is 23.7 Å². The van der Waals surface area contributed by atoms with Crippen LogP contribution in [0.5, 0.6) is 5.75 Å². The number of pyridine rings is 1. The summed E-state index contributed by atoms with van der Waals surface area (Å²) in [7, 11) is 0. The van der Waals surface area contributed by atoms with Crippen LogP contribution in [0.25, 0.3) is 0 Å². The molecule has 1 heterocycles. The molecule has 0 radical (unpaired) electrons. The number of hydrogen-bond acceptors (Lipinski definition) is 4. The molecule has 138 valence electrons. The number of rotatable bonds is 6. The molecule has 27 heavy (non-hydrogen) atoms. The van der Waals surface area contributed by atoms with Crippen LogP contribution in [0.15, 0.2) is 60.8 Å². The SMILES string of the molecule is CCOc1ccccc1Nc1cc(C(=O)Nc2ccc(F)c(Cl)c2)ccn1. The van der Waals surface area contributed by atoms with E-state index < -0.39 is 5.82 Å². The molecule has 0 atom stereocenters. The molecule has 0 saturated carbocycles. The number of anilines is 3. The Bertz CT molecular complexity index is 965. The Hall–Kier alpha value is -3.12. The zero-order valence-corrected chi connectivity index (χ0v) is 15.3. The second-order valence-electron chi connectivity index (χ2n) is 5.57. The van der Waals surface area contributed by atoms with E-state index in [1.807, 2.05) is 31.2 Å². The Kier molecular flexibility index (Phi) is 5.88. The van der Waals surface area contributed by atoms with Crippen molar-refractivity contribution in [3.8, 4) is 5.75 Å². The number of amides is 1. The third kappa shape index (κ3) is 4.74. The van der Waals surface area contributed by atoms with Gasteiger partial charge in [0, 0.05) is 17.4 Å². The van der Waals surface area contributed by atoms with Gasteiger partial charge in [0.2, 0.25) is 0 Å². The van der Waals surface area contributed by atoms with Gasteiger partial charge >= 0.3 is 0 Å². The number of para-hydroxylation sites is 2. The van der Waals surface area contributed by atoms with Crippen molar-refractivity contribution in [2.75, 3.05) is 17.2 Å². The first-order valence-electron chi connectivity index (χ1n) is 8.28. The predicted octanol–water partition coefficient (Wildman–Crippen LogP) is 5.27. The molecule has 0 aliphatic rings. The number of aromatic nitrogens is 1. The van der Waals surface area contributed by atoms with Crippen LogP contribution in [0.4, 0.5) is 21.6 Å². The van der Waals surface area contributed by atoms with Crippen LogP contribution < -0.4 is 15.4 Å². The van der Waals surface area contributed by atoms with Crippen molar-refractivity contribution in [1.82, 2.24) is 4.98 Å². The maximum absolute atomic E-state index is 13.2. The largest absolute Gasteiger partial charge is 0.492 e. The van der Waals surface area contributed by atoms with Crippen molar-refractivity contribution >= 4 is 34.7 Å². The number of ether oxygens (including phenoxy) is 1. The van der Waals surface area contributed by atoms with Crippen molar-refractivity contribution < 1.29 is 13.9 Å². The van der Waals surface area contributed by atoms with Gasteiger partial charge in [0.25, 0.3) is 5.91 Å². The molecule has 3 aromatic rings. The third-order valence-electron chi connectivity index (χ3n) is 3.65. The van der Waals surface area contributed by atoms with Gasteiger partial charge in [0.15, 0.2) is 0 Å². The van der Waals surface area contributed by atoms with E-state index in [0.717, 1.165) is 5.69 Å². The molecule has 7 heteroatoms. The van der Waals surface area contributed by atoms with Gasteiger partial charge in [-0.15, -0.1) is 0 Å². The minimum absolute atomic E-state index is 0.0579. The van der Waals surface area contributed by atoms with Gasteiger partial charge in [-0.25, -0.2) is 9.37 Å². The van der Waals surface area contributed by atoms with E-state index in [0.29, 0.717) is 29.4 Å². The normalized spacial score (nSPS) is 10.3. The molecule has 3 rings (SSSR count).